The van der Waals surface area contributed by atoms with Crippen molar-refractivity contribution in [1.82, 2.24) is 10.2 Å². The Morgan fingerprint density at radius 2 is 1.91 bits per heavy atom. The smallest absolute Gasteiger partial charge is 0.317 e. The summed E-state index contributed by atoms with van der Waals surface area (Å²) in [5.74, 6) is 0. The van der Waals surface area contributed by atoms with Crippen LogP contribution in [-0.2, 0) is 10.2 Å². The second-order valence-corrected chi connectivity index (χ2v) is 6.52. The first-order chi connectivity index (χ1) is 11.0. The van der Waals surface area contributed by atoms with Gasteiger partial charge in [-0.2, -0.15) is 0 Å². The minimum absolute atomic E-state index is 0.00353. The van der Waals surface area contributed by atoms with Crippen LogP contribution in [-0.4, -0.2) is 49.8 Å². The highest BCUT2D eigenvalue weighted by molar-refractivity contribution is 5.74. The molecule has 0 aromatic heterocycles. The molecule has 1 unspecified atom stereocenters. The van der Waals surface area contributed by atoms with Gasteiger partial charge >= 0.3 is 6.03 Å². The lowest BCUT2D eigenvalue weighted by atomic mass is 9.73. The summed E-state index contributed by atoms with van der Waals surface area (Å²) >= 11 is 0. The van der Waals surface area contributed by atoms with E-state index in [1.54, 1.807) is 7.11 Å². The number of nitrogens with one attached hydrogen (secondary N) is 1. The summed E-state index contributed by atoms with van der Waals surface area (Å²) in [6, 6.07) is 10.4. The summed E-state index contributed by atoms with van der Waals surface area (Å²) in [7, 11) is 1.66. The van der Waals surface area contributed by atoms with Crippen LogP contribution in [0, 0.1) is 0 Å². The average Bonchev–Trinajstić information content (AvgIpc) is 2.61. The van der Waals surface area contributed by atoms with E-state index in [2.05, 4.69) is 29.6 Å². The molecule has 0 spiro atoms. The summed E-state index contributed by atoms with van der Waals surface area (Å²) in [5.41, 5.74) is 7.37. The lowest BCUT2D eigenvalue weighted by Crippen LogP contribution is -2.53. The van der Waals surface area contributed by atoms with E-state index >= 15 is 0 Å². The van der Waals surface area contributed by atoms with E-state index in [1.807, 2.05) is 24.8 Å². The number of hydrogen-bond acceptors (Lipinski definition) is 3. The van der Waals surface area contributed by atoms with Crippen LogP contribution in [0.1, 0.15) is 32.3 Å². The molecule has 2 rings (SSSR count). The van der Waals surface area contributed by atoms with Gasteiger partial charge in [0.1, 0.15) is 0 Å². The highest BCUT2D eigenvalue weighted by Crippen LogP contribution is 2.34. The number of nitrogens with two attached hydrogens (primary N) is 1. The molecule has 0 aliphatic carbocycles. The van der Waals surface area contributed by atoms with Crippen molar-refractivity contribution in [3.8, 4) is 0 Å². The zero-order valence-corrected chi connectivity index (χ0v) is 14.4. The average molecular weight is 319 g/mol. The maximum Gasteiger partial charge on any atom is 0.317 e. The summed E-state index contributed by atoms with van der Waals surface area (Å²) in [5, 5.41) is 3.02. The number of rotatable bonds is 5. The van der Waals surface area contributed by atoms with Crippen molar-refractivity contribution < 1.29 is 9.53 Å². The van der Waals surface area contributed by atoms with Crippen LogP contribution in [0.5, 0.6) is 0 Å². The topological polar surface area (TPSA) is 67.6 Å². The molecule has 1 aliphatic heterocycles. The van der Waals surface area contributed by atoms with Gasteiger partial charge in [-0.15, -0.1) is 0 Å². The number of urea groups is 1. The minimum atomic E-state index is -0.0138. The Hall–Kier alpha value is -1.59. The van der Waals surface area contributed by atoms with Crippen LogP contribution in [0.25, 0.3) is 0 Å². The third-order valence-corrected chi connectivity index (χ3v) is 5.21. The number of benzene rings is 1. The maximum absolute atomic E-state index is 12.4. The lowest BCUT2D eigenvalue weighted by molar-refractivity contribution is 0.0858. The van der Waals surface area contributed by atoms with Crippen LogP contribution in [0.3, 0.4) is 0 Å². The minimum Gasteiger partial charge on any atom is -0.380 e. The van der Waals surface area contributed by atoms with Crippen molar-refractivity contribution in [2.45, 2.75) is 44.2 Å². The van der Waals surface area contributed by atoms with Gasteiger partial charge in [0.25, 0.3) is 0 Å². The van der Waals surface area contributed by atoms with Gasteiger partial charge in [-0.3, -0.25) is 0 Å². The Morgan fingerprint density at radius 3 is 2.43 bits per heavy atom. The Labute approximate surface area is 139 Å². The zero-order chi connectivity index (χ0) is 16.9. The van der Waals surface area contributed by atoms with E-state index in [-0.39, 0.29) is 23.6 Å². The molecule has 5 heteroatoms. The molecule has 1 aliphatic rings. The lowest BCUT2D eigenvalue weighted by Gasteiger charge is -2.42. The van der Waals surface area contributed by atoms with Crippen molar-refractivity contribution in [2.75, 3.05) is 26.7 Å². The number of carbonyl (C=O) groups excluding carboxylic acids is 1. The Kier molecular flexibility index (Phi) is 6.02. The number of likely N-dealkylation sites (tertiary alicyclic amines) is 1. The number of amides is 2. The predicted molar refractivity (Wildman–Crippen MR) is 92.4 cm³/mol. The van der Waals surface area contributed by atoms with Crippen LogP contribution in [0.2, 0.25) is 0 Å². The molecular weight excluding hydrogens is 290 g/mol. The molecule has 0 radical (unpaired) electrons. The van der Waals surface area contributed by atoms with Gasteiger partial charge in [0.2, 0.25) is 0 Å². The molecule has 1 saturated heterocycles. The molecule has 3 N–H and O–H groups in total. The predicted octanol–water partition coefficient (Wildman–Crippen LogP) is 2.11. The monoisotopic (exact) mass is 319 g/mol. The first-order valence-electron chi connectivity index (χ1n) is 8.36. The van der Waals surface area contributed by atoms with E-state index in [4.69, 9.17) is 10.5 Å². The first kappa shape index (κ1) is 17.8. The van der Waals surface area contributed by atoms with Crippen LogP contribution < -0.4 is 11.1 Å². The Bertz CT molecular complexity index is 498. The van der Waals surface area contributed by atoms with E-state index in [9.17, 15) is 4.79 Å². The van der Waals surface area contributed by atoms with Gasteiger partial charge in [-0.1, -0.05) is 30.3 Å². The summed E-state index contributed by atoms with van der Waals surface area (Å²) < 4.78 is 5.26. The molecular formula is C18H29N3O2. The van der Waals surface area contributed by atoms with Crippen molar-refractivity contribution in [3.63, 3.8) is 0 Å². The molecule has 1 aromatic rings. The number of ether oxygens (including phenoxy) is 1. The number of nitrogens with zero attached hydrogens (tertiary/aromatic N) is 1. The van der Waals surface area contributed by atoms with Gasteiger partial charge in [-0.05, 0) is 32.3 Å². The van der Waals surface area contributed by atoms with Crippen molar-refractivity contribution in [2.24, 2.45) is 5.73 Å². The van der Waals surface area contributed by atoms with Crippen molar-refractivity contribution >= 4 is 6.03 Å². The van der Waals surface area contributed by atoms with Crippen LogP contribution in [0.15, 0.2) is 30.3 Å². The first-order valence-corrected chi connectivity index (χ1v) is 8.36. The zero-order valence-electron chi connectivity index (χ0n) is 14.4. The quantitative estimate of drug-likeness (QED) is 0.873. The Balaban J connectivity index is 1.96. The fourth-order valence-corrected chi connectivity index (χ4v) is 3.15. The molecule has 1 fully saturated rings. The second kappa shape index (κ2) is 7.79. The van der Waals surface area contributed by atoms with Crippen LogP contribution in [0.4, 0.5) is 4.79 Å². The second-order valence-electron chi connectivity index (χ2n) is 6.52. The van der Waals surface area contributed by atoms with Gasteiger partial charge in [0, 0.05) is 32.2 Å². The summed E-state index contributed by atoms with van der Waals surface area (Å²) in [4.78, 5) is 14.3. The standard InChI is InChI=1S/C18H29N3O2/c1-14(15(2)23-3)20-17(22)21-11-9-18(13-19,10-12-21)16-7-5-4-6-8-16/h4-8,14-15H,9-13,19H2,1-3H3,(H,20,22)/t14-,15?/m1/s1. The SMILES string of the molecule is COC(C)[C@@H](C)NC(=O)N1CCC(CN)(c2ccccc2)CC1. The number of methoxy groups -OCH3 is 1. The number of carbonyl (C=O) groups is 1. The number of hydrogen-bond donors (Lipinski definition) is 2. The maximum atomic E-state index is 12.4. The molecule has 1 heterocycles. The summed E-state index contributed by atoms with van der Waals surface area (Å²) in [6.07, 6.45) is 1.79. The molecule has 128 valence electrons. The van der Waals surface area contributed by atoms with Crippen LogP contribution >= 0.6 is 0 Å². The van der Waals surface area contributed by atoms with Gasteiger partial charge < -0.3 is 20.7 Å². The van der Waals surface area contributed by atoms with Crippen molar-refractivity contribution in [3.05, 3.63) is 35.9 Å². The van der Waals surface area contributed by atoms with Gasteiger partial charge in [0.15, 0.2) is 0 Å². The summed E-state index contributed by atoms with van der Waals surface area (Å²) in [6.45, 7) is 5.99. The van der Waals surface area contributed by atoms with Crippen molar-refractivity contribution in [1.29, 1.82) is 0 Å². The molecule has 2 atom stereocenters. The number of piperidine rings is 1. The molecule has 1 aromatic carbocycles. The molecule has 0 saturated carbocycles. The highest BCUT2D eigenvalue weighted by Gasteiger charge is 2.36. The van der Waals surface area contributed by atoms with Gasteiger partial charge in [0.05, 0.1) is 12.1 Å². The fourth-order valence-electron chi connectivity index (χ4n) is 3.15. The molecule has 23 heavy (non-hydrogen) atoms. The normalized spacial score (nSPS) is 19.9. The van der Waals surface area contributed by atoms with E-state index in [1.165, 1.54) is 5.56 Å². The molecule has 5 nitrogen and oxygen atoms in total. The van der Waals surface area contributed by atoms with E-state index < -0.39 is 0 Å². The highest BCUT2D eigenvalue weighted by atomic mass is 16.5. The third-order valence-electron chi connectivity index (χ3n) is 5.21. The largest absolute Gasteiger partial charge is 0.380 e. The molecule has 0 bridgehead atoms. The fraction of sp³-hybridized carbons (Fsp3) is 0.611. The van der Waals surface area contributed by atoms with E-state index in [0.29, 0.717) is 6.54 Å². The van der Waals surface area contributed by atoms with Gasteiger partial charge in [-0.25, -0.2) is 4.79 Å². The molecule has 2 amide bonds. The van der Waals surface area contributed by atoms with E-state index in [0.717, 1.165) is 25.9 Å². The Morgan fingerprint density at radius 1 is 1.30 bits per heavy atom. The third kappa shape index (κ3) is 4.03.